The van der Waals surface area contributed by atoms with Gasteiger partial charge >= 0.3 is 0 Å². The van der Waals surface area contributed by atoms with E-state index in [-0.39, 0.29) is 0 Å². The first kappa shape index (κ1) is 12.3. The third-order valence-electron chi connectivity index (χ3n) is 2.50. The number of nitrogens with one attached hydrogen (secondary N) is 1. The summed E-state index contributed by atoms with van der Waals surface area (Å²) in [6, 6.07) is 9.45. The Morgan fingerprint density at radius 1 is 1.24 bits per heavy atom. The molecule has 0 bridgehead atoms. The molecule has 0 aliphatic heterocycles. The zero-order valence-electron chi connectivity index (χ0n) is 9.70. The number of halogens is 1. The second-order valence-corrected chi connectivity index (χ2v) is 5.04. The van der Waals surface area contributed by atoms with Crippen LogP contribution in [0.1, 0.15) is 25.5 Å². The maximum absolute atomic E-state index is 5.86. The molecule has 0 aliphatic carbocycles. The van der Waals surface area contributed by atoms with Crippen molar-refractivity contribution in [3.05, 3.63) is 45.7 Å². The van der Waals surface area contributed by atoms with Crippen molar-refractivity contribution in [1.82, 2.24) is 9.97 Å². The Morgan fingerprint density at radius 2 is 1.88 bits per heavy atom. The van der Waals surface area contributed by atoms with Crippen molar-refractivity contribution in [2.24, 2.45) is 0 Å². The molecule has 1 heterocycles. The van der Waals surface area contributed by atoms with Crippen molar-refractivity contribution < 1.29 is 0 Å². The molecule has 1 N–H and O–H groups in total. The molecule has 2 rings (SSSR count). The number of nitrogens with zero attached hydrogens (tertiary/aromatic N) is 1. The van der Waals surface area contributed by atoms with Crippen molar-refractivity contribution >= 4 is 23.8 Å². The van der Waals surface area contributed by atoms with E-state index in [1.807, 2.05) is 30.3 Å². The molecule has 4 heteroatoms. The number of aromatic amines is 1. The summed E-state index contributed by atoms with van der Waals surface area (Å²) >= 11 is 11.0. The summed E-state index contributed by atoms with van der Waals surface area (Å²) in [5.74, 6) is 1.18. The molecule has 88 valence electrons. The molecule has 2 aromatic rings. The Bertz CT molecular complexity index is 573. The molecule has 0 radical (unpaired) electrons. The highest BCUT2D eigenvalue weighted by Crippen LogP contribution is 2.20. The van der Waals surface area contributed by atoms with Gasteiger partial charge in [0.15, 0.2) is 0 Å². The first-order chi connectivity index (χ1) is 8.06. The Hall–Kier alpha value is -1.19. The average molecular weight is 265 g/mol. The minimum Gasteiger partial charge on any atom is -0.343 e. The predicted octanol–water partition coefficient (Wildman–Crippen LogP) is 4.58. The van der Waals surface area contributed by atoms with Gasteiger partial charge in [0.1, 0.15) is 10.5 Å². The molecule has 17 heavy (non-hydrogen) atoms. The Labute approximate surface area is 111 Å². The van der Waals surface area contributed by atoms with Crippen LogP contribution < -0.4 is 0 Å². The fourth-order valence-electron chi connectivity index (χ4n) is 1.53. The second kappa shape index (κ2) is 4.98. The van der Waals surface area contributed by atoms with Gasteiger partial charge in [-0.25, -0.2) is 4.98 Å². The molecule has 0 spiro atoms. The fourth-order valence-corrected chi connectivity index (χ4v) is 1.88. The minimum atomic E-state index is 0.394. The molecule has 0 amide bonds. The molecule has 1 aromatic heterocycles. The van der Waals surface area contributed by atoms with Crippen LogP contribution in [-0.2, 0) is 0 Å². The fraction of sp³-hybridized carbons (Fsp3) is 0.231. The van der Waals surface area contributed by atoms with E-state index in [1.165, 1.54) is 0 Å². The Kier molecular flexibility index (Phi) is 3.60. The average Bonchev–Trinajstić information content (AvgIpc) is 2.29. The molecule has 0 saturated heterocycles. The third-order valence-corrected chi connectivity index (χ3v) is 2.96. The van der Waals surface area contributed by atoms with Crippen LogP contribution in [0.15, 0.2) is 30.3 Å². The number of aromatic nitrogens is 2. The third kappa shape index (κ3) is 2.93. The largest absolute Gasteiger partial charge is 0.343 e. The van der Waals surface area contributed by atoms with E-state index in [1.54, 1.807) is 0 Å². The van der Waals surface area contributed by atoms with E-state index in [0.717, 1.165) is 17.1 Å². The minimum absolute atomic E-state index is 0.394. The number of H-pyrrole nitrogens is 1. The highest BCUT2D eigenvalue weighted by atomic mass is 35.5. The Balaban J connectivity index is 2.52. The van der Waals surface area contributed by atoms with Crippen LogP contribution in [0.2, 0.25) is 5.02 Å². The first-order valence-corrected chi connectivity index (χ1v) is 6.22. The van der Waals surface area contributed by atoms with E-state index < -0.39 is 0 Å². The van der Waals surface area contributed by atoms with Crippen LogP contribution in [0.5, 0.6) is 0 Å². The van der Waals surface area contributed by atoms with Gasteiger partial charge in [-0.2, -0.15) is 0 Å². The highest BCUT2D eigenvalue weighted by molar-refractivity contribution is 7.71. The first-order valence-electron chi connectivity index (χ1n) is 5.43. The molecule has 0 fully saturated rings. The molecular weight excluding hydrogens is 252 g/mol. The predicted molar refractivity (Wildman–Crippen MR) is 74.0 cm³/mol. The molecule has 0 aliphatic rings. The summed E-state index contributed by atoms with van der Waals surface area (Å²) in [5, 5.41) is 0.715. The van der Waals surface area contributed by atoms with Gasteiger partial charge in [0, 0.05) is 16.3 Å². The van der Waals surface area contributed by atoms with Crippen molar-refractivity contribution in [3.8, 4) is 11.4 Å². The van der Waals surface area contributed by atoms with Gasteiger partial charge < -0.3 is 4.98 Å². The van der Waals surface area contributed by atoms with Gasteiger partial charge in [-0.1, -0.05) is 37.7 Å². The second-order valence-electron chi connectivity index (χ2n) is 4.18. The smallest absolute Gasteiger partial charge is 0.139 e. The van der Waals surface area contributed by atoms with Crippen molar-refractivity contribution in [3.63, 3.8) is 0 Å². The number of hydrogen-bond acceptors (Lipinski definition) is 2. The highest BCUT2D eigenvalue weighted by Gasteiger charge is 2.05. The quantitative estimate of drug-likeness (QED) is 0.804. The maximum Gasteiger partial charge on any atom is 0.139 e. The van der Waals surface area contributed by atoms with E-state index in [2.05, 4.69) is 23.8 Å². The lowest BCUT2D eigenvalue weighted by Crippen LogP contribution is -1.97. The van der Waals surface area contributed by atoms with E-state index >= 15 is 0 Å². The summed E-state index contributed by atoms with van der Waals surface area (Å²) in [7, 11) is 0. The van der Waals surface area contributed by atoms with Gasteiger partial charge in [0.25, 0.3) is 0 Å². The zero-order valence-corrected chi connectivity index (χ0v) is 11.3. The van der Waals surface area contributed by atoms with Crippen LogP contribution in [0, 0.1) is 4.64 Å². The van der Waals surface area contributed by atoms with E-state index in [9.17, 15) is 0 Å². The lowest BCUT2D eigenvalue weighted by atomic mass is 10.1. The normalized spacial score (nSPS) is 10.8. The standard InChI is InChI=1S/C13H13ClN2S/c1-8(2)11-7-12(17)16-13(15-11)9-3-5-10(14)6-4-9/h3-8H,1-2H3,(H,15,16,17). The van der Waals surface area contributed by atoms with Crippen molar-refractivity contribution in [2.75, 3.05) is 0 Å². The molecule has 0 atom stereocenters. The monoisotopic (exact) mass is 264 g/mol. The van der Waals surface area contributed by atoms with Gasteiger partial charge in [0.05, 0.1) is 0 Å². The van der Waals surface area contributed by atoms with Gasteiger partial charge in [0.2, 0.25) is 0 Å². The summed E-state index contributed by atoms with van der Waals surface area (Å²) in [4.78, 5) is 7.63. The lowest BCUT2D eigenvalue weighted by Gasteiger charge is -2.08. The molecule has 0 unspecified atom stereocenters. The van der Waals surface area contributed by atoms with Gasteiger partial charge in [-0.3, -0.25) is 0 Å². The molecule has 1 aromatic carbocycles. The number of rotatable bonds is 2. The SMILES string of the molecule is CC(C)c1cc(=S)nc(-c2ccc(Cl)cc2)[nH]1. The van der Waals surface area contributed by atoms with E-state index in [4.69, 9.17) is 23.8 Å². The van der Waals surface area contributed by atoms with Crippen molar-refractivity contribution in [2.45, 2.75) is 19.8 Å². The number of hydrogen-bond donors (Lipinski definition) is 1. The molecular formula is C13H13ClN2S. The molecule has 0 saturated carbocycles. The topological polar surface area (TPSA) is 28.7 Å². The number of benzene rings is 1. The summed E-state index contributed by atoms with van der Waals surface area (Å²) in [6.07, 6.45) is 0. The zero-order chi connectivity index (χ0) is 12.4. The van der Waals surface area contributed by atoms with Crippen LogP contribution >= 0.6 is 23.8 Å². The van der Waals surface area contributed by atoms with Crippen LogP contribution in [0.4, 0.5) is 0 Å². The summed E-state index contributed by atoms with van der Waals surface area (Å²) in [5.41, 5.74) is 2.08. The summed E-state index contributed by atoms with van der Waals surface area (Å²) < 4.78 is 0.609. The molecule has 2 nitrogen and oxygen atoms in total. The van der Waals surface area contributed by atoms with Crippen molar-refractivity contribution in [1.29, 1.82) is 0 Å². The van der Waals surface area contributed by atoms with Gasteiger partial charge in [-0.15, -0.1) is 0 Å². The van der Waals surface area contributed by atoms with Crippen LogP contribution in [0.3, 0.4) is 0 Å². The Morgan fingerprint density at radius 3 is 2.47 bits per heavy atom. The van der Waals surface area contributed by atoms with Gasteiger partial charge in [-0.05, 0) is 36.2 Å². The van der Waals surface area contributed by atoms with Crippen LogP contribution in [-0.4, -0.2) is 9.97 Å². The maximum atomic E-state index is 5.86. The van der Waals surface area contributed by atoms with Crippen LogP contribution in [0.25, 0.3) is 11.4 Å². The summed E-state index contributed by atoms with van der Waals surface area (Å²) in [6.45, 7) is 4.23. The lowest BCUT2D eigenvalue weighted by molar-refractivity contribution is 0.815. The van der Waals surface area contributed by atoms with E-state index in [0.29, 0.717) is 15.6 Å².